The van der Waals surface area contributed by atoms with Gasteiger partial charge in [0.05, 0.1) is 19.8 Å². The number of fused-ring (bicyclic) bond motifs is 1. The fraction of sp³-hybridized carbons (Fsp3) is 0.786. The molecule has 0 radical (unpaired) electrons. The van der Waals surface area contributed by atoms with E-state index >= 15 is 0 Å². The van der Waals surface area contributed by atoms with Gasteiger partial charge in [0.15, 0.2) is 0 Å². The molecule has 3 rings (SSSR count). The molecule has 0 amide bonds. The van der Waals surface area contributed by atoms with Crippen LogP contribution in [0, 0.1) is 5.92 Å². The molecule has 1 aromatic heterocycles. The highest BCUT2D eigenvalue weighted by atomic mass is 16.5. The molecule has 5 nitrogen and oxygen atoms in total. The molecule has 0 aliphatic carbocycles. The second kappa shape index (κ2) is 6.03. The van der Waals surface area contributed by atoms with Crippen LogP contribution in [0.2, 0.25) is 0 Å². The highest BCUT2D eigenvalue weighted by molar-refractivity contribution is 4.97. The molecule has 0 N–H and O–H groups in total. The van der Waals surface area contributed by atoms with Gasteiger partial charge in [-0.1, -0.05) is 0 Å². The molecule has 2 atom stereocenters. The molecule has 1 fully saturated rings. The predicted molar refractivity (Wildman–Crippen MR) is 71.8 cm³/mol. The summed E-state index contributed by atoms with van der Waals surface area (Å²) in [5, 5.41) is 0. The first-order chi connectivity index (χ1) is 9.36. The van der Waals surface area contributed by atoms with E-state index in [0.29, 0.717) is 12.0 Å². The Morgan fingerprint density at radius 1 is 1.47 bits per heavy atom. The van der Waals surface area contributed by atoms with Crippen molar-refractivity contribution < 1.29 is 9.47 Å². The van der Waals surface area contributed by atoms with Crippen molar-refractivity contribution in [2.45, 2.75) is 32.5 Å². The van der Waals surface area contributed by atoms with Crippen LogP contribution in [0.3, 0.4) is 0 Å². The minimum atomic E-state index is 0.538. The molecule has 0 bridgehead atoms. The Hall–Kier alpha value is -0.910. The lowest BCUT2D eigenvalue weighted by atomic mass is 10.1. The van der Waals surface area contributed by atoms with E-state index in [1.165, 1.54) is 5.82 Å². The van der Waals surface area contributed by atoms with Crippen LogP contribution in [0.25, 0.3) is 0 Å². The van der Waals surface area contributed by atoms with E-state index in [-0.39, 0.29) is 0 Å². The Bertz CT molecular complexity index is 401. The minimum Gasteiger partial charge on any atom is -0.381 e. The zero-order valence-corrected chi connectivity index (χ0v) is 11.6. The molecule has 0 spiro atoms. The number of rotatable bonds is 4. The van der Waals surface area contributed by atoms with E-state index in [1.54, 1.807) is 0 Å². The molecule has 0 saturated carbocycles. The normalized spacial score (nSPS) is 28.3. The molecular weight excluding hydrogens is 242 g/mol. The molecule has 19 heavy (non-hydrogen) atoms. The standard InChI is InChI=1S/C14H23N3O2/c1-2-18-10-12-7-16-5-4-15-14(16)9-17(8-12)13-3-6-19-11-13/h4-5,12-13H,2-3,6-11H2,1H3. The summed E-state index contributed by atoms with van der Waals surface area (Å²) in [5.74, 6) is 1.71. The van der Waals surface area contributed by atoms with Gasteiger partial charge in [0.25, 0.3) is 0 Å². The molecule has 2 aliphatic heterocycles. The van der Waals surface area contributed by atoms with Crippen molar-refractivity contribution in [3.8, 4) is 0 Å². The first-order valence-corrected chi connectivity index (χ1v) is 7.26. The fourth-order valence-corrected chi connectivity index (χ4v) is 3.05. The number of nitrogens with zero attached hydrogens (tertiary/aromatic N) is 3. The maximum atomic E-state index is 5.64. The first-order valence-electron chi connectivity index (χ1n) is 7.26. The van der Waals surface area contributed by atoms with Crippen molar-refractivity contribution >= 4 is 0 Å². The van der Waals surface area contributed by atoms with E-state index in [2.05, 4.69) is 27.6 Å². The summed E-state index contributed by atoms with van der Waals surface area (Å²) >= 11 is 0. The molecule has 5 heteroatoms. The van der Waals surface area contributed by atoms with E-state index in [0.717, 1.165) is 52.5 Å². The zero-order chi connectivity index (χ0) is 13.1. The summed E-state index contributed by atoms with van der Waals surface area (Å²) in [5.41, 5.74) is 0. The van der Waals surface area contributed by atoms with Crippen molar-refractivity contribution in [2.24, 2.45) is 5.92 Å². The Kier molecular flexibility index (Phi) is 4.15. The second-order valence-electron chi connectivity index (χ2n) is 5.47. The van der Waals surface area contributed by atoms with Gasteiger partial charge in [0.1, 0.15) is 5.82 Å². The van der Waals surface area contributed by atoms with E-state index in [1.807, 2.05) is 6.20 Å². The lowest BCUT2D eigenvalue weighted by Crippen LogP contribution is -2.39. The smallest absolute Gasteiger partial charge is 0.122 e. The van der Waals surface area contributed by atoms with Gasteiger partial charge in [-0.2, -0.15) is 0 Å². The summed E-state index contributed by atoms with van der Waals surface area (Å²) in [6.07, 6.45) is 5.13. The van der Waals surface area contributed by atoms with Crippen LogP contribution in [-0.2, 0) is 22.6 Å². The van der Waals surface area contributed by atoms with Crippen LogP contribution in [-0.4, -0.2) is 53.5 Å². The maximum Gasteiger partial charge on any atom is 0.122 e. The van der Waals surface area contributed by atoms with Gasteiger partial charge in [0.2, 0.25) is 0 Å². The molecule has 0 aromatic carbocycles. The maximum absolute atomic E-state index is 5.64. The molecule has 3 heterocycles. The van der Waals surface area contributed by atoms with Gasteiger partial charge in [-0.3, -0.25) is 4.90 Å². The van der Waals surface area contributed by atoms with Crippen molar-refractivity contribution in [3.63, 3.8) is 0 Å². The van der Waals surface area contributed by atoms with Gasteiger partial charge < -0.3 is 14.0 Å². The topological polar surface area (TPSA) is 39.5 Å². The Labute approximate surface area is 114 Å². The Morgan fingerprint density at radius 3 is 3.21 bits per heavy atom. The van der Waals surface area contributed by atoms with Gasteiger partial charge in [-0.15, -0.1) is 0 Å². The largest absolute Gasteiger partial charge is 0.381 e. The van der Waals surface area contributed by atoms with Crippen LogP contribution < -0.4 is 0 Å². The van der Waals surface area contributed by atoms with Gasteiger partial charge >= 0.3 is 0 Å². The summed E-state index contributed by atoms with van der Waals surface area (Å²) in [6, 6.07) is 0.548. The Balaban J connectivity index is 1.73. The molecule has 2 unspecified atom stereocenters. The molecule has 2 aliphatic rings. The SMILES string of the molecule is CCOCC1CN(C2CCOC2)Cc2nccn2C1. The van der Waals surface area contributed by atoms with Crippen molar-refractivity contribution in [3.05, 3.63) is 18.2 Å². The van der Waals surface area contributed by atoms with Crippen LogP contribution in [0.4, 0.5) is 0 Å². The highest BCUT2D eigenvalue weighted by Gasteiger charge is 2.29. The first kappa shape index (κ1) is 13.1. The number of aromatic nitrogens is 2. The lowest BCUT2D eigenvalue weighted by molar-refractivity contribution is 0.0709. The molecule has 106 valence electrons. The third-order valence-corrected chi connectivity index (χ3v) is 4.07. The zero-order valence-electron chi connectivity index (χ0n) is 11.6. The number of hydrogen-bond donors (Lipinski definition) is 0. The van der Waals surface area contributed by atoms with Crippen LogP contribution >= 0.6 is 0 Å². The van der Waals surface area contributed by atoms with Crippen LogP contribution in [0.5, 0.6) is 0 Å². The monoisotopic (exact) mass is 265 g/mol. The fourth-order valence-electron chi connectivity index (χ4n) is 3.05. The van der Waals surface area contributed by atoms with E-state index in [4.69, 9.17) is 9.47 Å². The number of imidazole rings is 1. The van der Waals surface area contributed by atoms with E-state index < -0.39 is 0 Å². The van der Waals surface area contributed by atoms with Crippen LogP contribution in [0.1, 0.15) is 19.2 Å². The van der Waals surface area contributed by atoms with Gasteiger partial charge in [-0.05, 0) is 13.3 Å². The Morgan fingerprint density at radius 2 is 2.42 bits per heavy atom. The minimum absolute atomic E-state index is 0.538. The average molecular weight is 265 g/mol. The lowest BCUT2D eigenvalue weighted by Gasteiger charge is -2.28. The summed E-state index contributed by atoms with van der Waals surface area (Å²) in [6.45, 7) is 8.47. The summed E-state index contributed by atoms with van der Waals surface area (Å²) in [7, 11) is 0. The van der Waals surface area contributed by atoms with Gasteiger partial charge in [-0.25, -0.2) is 4.98 Å². The molecule has 1 aromatic rings. The van der Waals surface area contributed by atoms with Crippen LogP contribution in [0.15, 0.2) is 12.4 Å². The van der Waals surface area contributed by atoms with Crippen molar-refractivity contribution in [2.75, 3.05) is 33.0 Å². The number of ether oxygens (including phenoxy) is 2. The van der Waals surface area contributed by atoms with Crippen molar-refractivity contribution in [1.29, 1.82) is 0 Å². The summed E-state index contributed by atoms with van der Waals surface area (Å²) < 4.78 is 13.5. The van der Waals surface area contributed by atoms with E-state index in [9.17, 15) is 0 Å². The second-order valence-corrected chi connectivity index (χ2v) is 5.47. The van der Waals surface area contributed by atoms with Gasteiger partial charge in [0, 0.05) is 50.7 Å². The highest BCUT2D eigenvalue weighted by Crippen LogP contribution is 2.21. The number of hydrogen-bond acceptors (Lipinski definition) is 4. The quantitative estimate of drug-likeness (QED) is 0.818. The predicted octanol–water partition coefficient (Wildman–Crippen LogP) is 1.14. The molecule has 1 saturated heterocycles. The summed E-state index contributed by atoms with van der Waals surface area (Å²) in [4.78, 5) is 7.02. The molecular formula is C14H23N3O2. The third-order valence-electron chi connectivity index (χ3n) is 4.07. The average Bonchev–Trinajstić information content (AvgIpc) is 3.05. The van der Waals surface area contributed by atoms with Crippen molar-refractivity contribution in [1.82, 2.24) is 14.5 Å². The third kappa shape index (κ3) is 2.99.